The summed E-state index contributed by atoms with van der Waals surface area (Å²) in [4.78, 5) is 0. The van der Waals surface area contributed by atoms with Crippen LogP contribution >= 0.6 is 31.9 Å². The van der Waals surface area contributed by atoms with Crippen LogP contribution in [0.1, 0.15) is 22.7 Å². The molecular weight excluding hydrogens is 326 g/mol. The minimum absolute atomic E-state index is 0.106. The third kappa shape index (κ3) is 2.20. The van der Waals surface area contributed by atoms with Crippen molar-refractivity contribution in [3.8, 4) is 5.75 Å². The molecule has 0 amide bonds. The molecule has 15 heavy (non-hydrogen) atoms. The maximum atomic E-state index is 9.93. The lowest BCUT2D eigenvalue weighted by Gasteiger charge is -2.18. The summed E-state index contributed by atoms with van der Waals surface area (Å²) in [6.07, 6.45) is 0. The Kier molecular flexibility index (Phi) is 4.17. The van der Waals surface area contributed by atoms with Gasteiger partial charge >= 0.3 is 0 Å². The van der Waals surface area contributed by atoms with Gasteiger partial charge in [0.1, 0.15) is 5.75 Å². The van der Waals surface area contributed by atoms with E-state index in [1.807, 2.05) is 13.8 Å². The van der Waals surface area contributed by atoms with Crippen molar-refractivity contribution in [3.63, 3.8) is 0 Å². The summed E-state index contributed by atoms with van der Waals surface area (Å²) < 4.78 is 1.50. The van der Waals surface area contributed by atoms with Crippen LogP contribution in [0.15, 0.2) is 8.95 Å². The predicted molar refractivity (Wildman–Crippen MR) is 67.0 cm³/mol. The van der Waals surface area contributed by atoms with Gasteiger partial charge in [0.05, 0.1) is 17.1 Å². The number of aromatic hydroxyl groups is 1. The van der Waals surface area contributed by atoms with Gasteiger partial charge in [0.25, 0.3) is 0 Å². The molecule has 0 aliphatic heterocycles. The van der Waals surface area contributed by atoms with E-state index in [0.29, 0.717) is 10.0 Å². The second-order valence-electron chi connectivity index (χ2n) is 3.43. The number of hydrogen-bond donors (Lipinski definition) is 3. The molecule has 5 heteroatoms. The Labute approximate surface area is 106 Å². The standard InChI is InChI=1S/C10H13Br2NO2/c1-4-7(6(13)3-14)10(15)9(12)5(2)8(4)11/h6,14-15H,3,13H2,1-2H3/t6-/m0/s1. The Morgan fingerprint density at radius 1 is 1.20 bits per heavy atom. The van der Waals surface area contributed by atoms with Crippen LogP contribution in [0, 0.1) is 13.8 Å². The summed E-state index contributed by atoms with van der Waals surface area (Å²) in [5.41, 5.74) is 8.08. The van der Waals surface area contributed by atoms with Crippen molar-refractivity contribution in [1.82, 2.24) is 0 Å². The molecule has 0 bridgehead atoms. The van der Waals surface area contributed by atoms with Gasteiger partial charge in [-0.05, 0) is 40.9 Å². The summed E-state index contributed by atoms with van der Waals surface area (Å²) in [6.45, 7) is 3.54. The highest BCUT2D eigenvalue weighted by molar-refractivity contribution is 9.11. The van der Waals surface area contributed by atoms with Crippen molar-refractivity contribution in [3.05, 3.63) is 25.6 Å². The molecule has 0 heterocycles. The minimum atomic E-state index is -0.571. The fourth-order valence-electron chi connectivity index (χ4n) is 1.51. The van der Waals surface area contributed by atoms with Crippen molar-refractivity contribution in [2.24, 2.45) is 5.73 Å². The number of phenolic OH excluding ortho intramolecular Hbond substituents is 1. The van der Waals surface area contributed by atoms with Crippen LogP contribution in [0.4, 0.5) is 0 Å². The number of aliphatic hydroxyl groups excluding tert-OH is 1. The lowest BCUT2D eigenvalue weighted by Crippen LogP contribution is -2.16. The highest BCUT2D eigenvalue weighted by atomic mass is 79.9. The zero-order valence-electron chi connectivity index (χ0n) is 8.51. The first-order valence-corrected chi connectivity index (χ1v) is 6.03. The van der Waals surface area contributed by atoms with E-state index in [9.17, 15) is 5.11 Å². The zero-order valence-corrected chi connectivity index (χ0v) is 11.7. The summed E-state index contributed by atoms with van der Waals surface area (Å²) in [5.74, 6) is 0.106. The van der Waals surface area contributed by atoms with Gasteiger partial charge in [0.2, 0.25) is 0 Å². The largest absolute Gasteiger partial charge is 0.506 e. The minimum Gasteiger partial charge on any atom is -0.506 e. The molecule has 0 spiro atoms. The Hall–Kier alpha value is -0.100. The third-order valence-electron chi connectivity index (χ3n) is 2.42. The second kappa shape index (κ2) is 4.82. The van der Waals surface area contributed by atoms with E-state index < -0.39 is 6.04 Å². The van der Waals surface area contributed by atoms with Gasteiger partial charge in [-0.25, -0.2) is 0 Å². The fraction of sp³-hybridized carbons (Fsp3) is 0.400. The maximum Gasteiger partial charge on any atom is 0.135 e. The Morgan fingerprint density at radius 2 is 1.73 bits per heavy atom. The third-order valence-corrected chi connectivity index (χ3v) is 4.58. The quantitative estimate of drug-likeness (QED) is 0.776. The van der Waals surface area contributed by atoms with Gasteiger partial charge in [0.15, 0.2) is 0 Å². The average Bonchev–Trinajstić information content (AvgIpc) is 2.23. The first-order valence-electron chi connectivity index (χ1n) is 4.45. The second-order valence-corrected chi connectivity index (χ2v) is 5.02. The molecule has 0 fully saturated rings. The van der Waals surface area contributed by atoms with Crippen LogP contribution in [-0.4, -0.2) is 16.8 Å². The lowest BCUT2D eigenvalue weighted by molar-refractivity contribution is 0.264. The van der Waals surface area contributed by atoms with E-state index >= 15 is 0 Å². The molecule has 1 aromatic rings. The molecule has 0 aromatic heterocycles. The molecule has 4 N–H and O–H groups in total. The molecule has 84 valence electrons. The van der Waals surface area contributed by atoms with E-state index in [4.69, 9.17) is 10.8 Å². The summed E-state index contributed by atoms with van der Waals surface area (Å²) in [5, 5.41) is 18.9. The molecular formula is C10H13Br2NO2. The Bertz CT molecular complexity index is 364. The lowest BCUT2D eigenvalue weighted by atomic mass is 9.99. The first kappa shape index (κ1) is 13.0. The van der Waals surface area contributed by atoms with E-state index in [-0.39, 0.29) is 12.4 Å². The van der Waals surface area contributed by atoms with E-state index in [1.165, 1.54) is 0 Å². The number of nitrogens with two attached hydrogens (primary N) is 1. The monoisotopic (exact) mass is 337 g/mol. The molecule has 0 saturated carbocycles. The molecule has 0 aliphatic carbocycles. The van der Waals surface area contributed by atoms with Crippen molar-refractivity contribution in [1.29, 1.82) is 0 Å². The summed E-state index contributed by atoms with van der Waals surface area (Å²) in [7, 11) is 0. The summed E-state index contributed by atoms with van der Waals surface area (Å²) in [6, 6.07) is -0.571. The molecule has 1 aromatic carbocycles. The maximum absolute atomic E-state index is 9.93. The number of aliphatic hydroxyl groups is 1. The van der Waals surface area contributed by atoms with Crippen LogP contribution < -0.4 is 5.73 Å². The van der Waals surface area contributed by atoms with Crippen molar-refractivity contribution < 1.29 is 10.2 Å². The normalized spacial score (nSPS) is 12.9. The van der Waals surface area contributed by atoms with Crippen LogP contribution in [0.3, 0.4) is 0 Å². The Morgan fingerprint density at radius 3 is 2.20 bits per heavy atom. The first-order chi connectivity index (χ1) is 6.91. The summed E-state index contributed by atoms with van der Waals surface area (Å²) >= 11 is 6.73. The van der Waals surface area contributed by atoms with Crippen LogP contribution in [-0.2, 0) is 0 Å². The van der Waals surface area contributed by atoms with Gasteiger partial charge in [-0.2, -0.15) is 0 Å². The topological polar surface area (TPSA) is 66.5 Å². The van der Waals surface area contributed by atoms with Gasteiger partial charge in [-0.3, -0.25) is 0 Å². The van der Waals surface area contributed by atoms with Gasteiger partial charge in [-0.15, -0.1) is 0 Å². The number of rotatable bonds is 2. The molecule has 0 radical (unpaired) electrons. The van der Waals surface area contributed by atoms with Crippen LogP contribution in [0.5, 0.6) is 5.75 Å². The smallest absolute Gasteiger partial charge is 0.135 e. The van der Waals surface area contributed by atoms with Crippen LogP contribution in [0.2, 0.25) is 0 Å². The number of benzene rings is 1. The highest BCUT2D eigenvalue weighted by Crippen LogP contribution is 2.41. The number of phenols is 1. The number of hydrogen-bond acceptors (Lipinski definition) is 3. The zero-order chi connectivity index (χ0) is 11.7. The van der Waals surface area contributed by atoms with Crippen molar-refractivity contribution >= 4 is 31.9 Å². The fourth-order valence-corrected chi connectivity index (χ4v) is 2.60. The van der Waals surface area contributed by atoms with Gasteiger partial charge in [-0.1, -0.05) is 15.9 Å². The van der Waals surface area contributed by atoms with E-state index in [2.05, 4.69) is 31.9 Å². The van der Waals surface area contributed by atoms with Crippen LogP contribution in [0.25, 0.3) is 0 Å². The molecule has 1 atom stereocenters. The number of halogens is 2. The molecule has 3 nitrogen and oxygen atoms in total. The van der Waals surface area contributed by atoms with Crippen molar-refractivity contribution in [2.75, 3.05) is 6.61 Å². The molecule has 0 aliphatic rings. The molecule has 0 unspecified atom stereocenters. The van der Waals surface area contributed by atoms with E-state index in [0.717, 1.165) is 15.6 Å². The average molecular weight is 339 g/mol. The Balaban J connectivity index is 3.52. The molecule has 1 rings (SSSR count). The highest BCUT2D eigenvalue weighted by Gasteiger charge is 2.20. The SMILES string of the molecule is Cc1c(Br)c(C)c([C@@H](N)CO)c(O)c1Br. The van der Waals surface area contributed by atoms with Gasteiger partial charge < -0.3 is 15.9 Å². The predicted octanol–water partition coefficient (Wildman–Crippen LogP) is 2.53. The van der Waals surface area contributed by atoms with Gasteiger partial charge in [0, 0.05) is 10.0 Å². The van der Waals surface area contributed by atoms with E-state index in [1.54, 1.807) is 0 Å². The molecule has 0 saturated heterocycles. The van der Waals surface area contributed by atoms with Crippen molar-refractivity contribution in [2.45, 2.75) is 19.9 Å².